The van der Waals surface area contributed by atoms with Gasteiger partial charge in [0.25, 0.3) is 0 Å². The lowest BCUT2D eigenvalue weighted by Crippen LogP contribution is -2.17. The Bertz CT molecular complexity index is 655. The van der Waals surface area contributed by atoms with Gasteiger partial charge in [0, 0.05) is 23.2 Å². The van der Waals surface area contributed by atoms with E-state index in [1.165, 1.54) is 12.1 Å². The van der Waals surface area contributed by atoms with Gasteiger partial charge in [-0.1, -0.05) is 13.0 Å². The molecular formula is C16H15F4N. The predicted molar refractivity (Wildman–Crippen MR) is 73.8 cm³/mol. The van der Waals surface area contributed by atoms with Crippen molar-refractivity contribution in [3.8, 4) is 11.1 Å². The number of hydrogen-bond acceptors (Lipinski definition) is 1. The highest BCUT2D eigenvalue weighted by Gasteiger charge is 2.16. The minimum absolute atomic E-state index is 0.0669. The van der Waals surface area contributed by atoms with E-state index < -0.39 is 23.3 Å². The van der Waals surface area contributed by atoms with Crippen LogP contribution in [0, 0.1) is 23.3 Å². The summed E-state index contributed by atoms with van der Waals surface area (Å²) in [6.07, 6.45) is 0. The average Bonchev–Trinajstić information content (AvgIpc) is 2.44. The average molecular weight is 297 g/mol. The fourth-order valence-electron chi connectivity index (χ4n) is 2.17. The maximum Gasteiger partial charge on any atom is 0.161 e. The quantitative estimate of drug-likeness (QED) is 0.643. The van der Waals surface area contributed by atoms with E-state index >= 15 is 0 Å². The van der Waals surface area contributed by atoms with Crippen molar-refractivity contribution in [1.29, 1.82) is 0 Å². The van der Waals surface area contributed by atoms with Crippen LogP contribution in [0.2, 0.25) is 0 Å². The van der Waals surface area contributed by atoms with Crippen molar-refractivity contribution in [3.05, 3.63) is 59.2 Å². The van der Waals surface area contributed by atoms with Gasteiger partial charge in [0.05, 0.1) is 0 Å². The van der Waals surface area contributed by atoms with Crippen molar-refractivity contribution in [3.63, 3.8) is 0 Å². The van der Waals surface area contributed by atoms with Crippen LogP contribution >= 0.6 is 0 Å². The summed E-state index contributed by atoms with van der Waals surface area (Å²) in [7, 11) is 0. The standard InChI is InChI=1S/C16H15F4N/c1-3-21-9(2)10-4-5-13(17)11(6-10)12-7-15(19)16(20)8-14(12)18/h4-9,21H,3H2,1-2H3. The number of benzene rings is 2. The molecule has 0 heterocycles. The lowest BCUT2D eigenvalue weighted by atomic mass is 9.99. The molecule has 1 atom stereocenters. The zero-order valence-corrected chi connectivity index (χ0v) is 11.7. The third kappa shape index (κ3) is 3.24. The minimum atomic E-state index is -1.30. The number of halogens is 4. The van der Waals surface area contributed by atoms with Crippen molar-refractivity contribution in [1.82, 2.24) is 5.32 Å². The van der Waals surface area contributed by atoms with Gasteiger partial charge in [0.2, 0.25) is 0 Å². The summed E-state index contributed by atoms with van der Waals surface area (Å²) >= 11 is 0. The zero-order valence-electron chi connectivity index (χ0n) is 11.7. The number of hydrogen-bond donors (Lipinski definition) is 1. The van der Waals surface area contributed by atoms with Crippen LogP contribution in [0.1, 0.15) is 25.5 Å². The molecule has 2 aromatic carbocycles. The van der Waals surface area contributed by atoms with Crippen LogP contribution in [0.25, 0.3) is 11.1 Å². The minimum Gasteiger partial charge on any atom is -0.310 e. The first-order valence-corrected chi connectivity index (χ1v) is 6.61. The molecule has 21 heavy (non-hydrogen) atoms. The van der Waals surface area contributed by atoms with Gasteiger partial charge in [-0.05, 0) is 37.2 Å². The molecule has 1 unspecified atom stereocenters. The lowest BCUT2D eigenvalue weighted by Gasteiger charge is -2.15. The summed E-state index contributed by atoms with van der Waals surface area (Å²) in [6.45, 7) is 4.52. The van der Waals surface area contributed by atoms with E-state index in [-0.39, 0.29) is 17.2 Å². The van der Waals surface area contributed by atoms with Crippen LogP contribution in [-0.2, 0) is 0 Å². The Morgan fingerprint density at radius 3 is 2.14 bits per heavy atom. The van der Waals surface area contributed by atoms with Crippen LogP contribution in [0.4, 0.5) is 17.6 Å². The van der Waals surface area contributed by atoms with Crippen molar-refractivity contribution in [2.24, 2.45) is 0 Å². The summed E-state index contributed by atoms with van der Waals surface area (Å²) in [6, 6.07) is 5.24. The van der Waals surface area contributed by atoms with Crippen molar-refractivity contribution < 1.29 is 17.6 Å². The van der Waals surface area contributed by atoms with Gasteiger partial charge in [-0.25, -0.2) is 17.6 Å². The highest BCUT2D eigenvalue weighted by atomic mass is 19.2. The predicted octanol–water partition coefficient (Wildman–Crippen LogP) is 4.58. The van der Waals surface area contributed by atoms with E-state index in [4.69, 9.17) is 0 Å². The Hall–Kier alpha value is -1.88. The number of rotatable bonds is 4. The van der Waals surface area contributed by atoms with Gasteiger partial charge < -0.3 is 5.32 Å². The fraction of sp³-hybridized carbons (Fsp3) is 0.250. The third-order valence-corrected chi connectivity index (χ3v) is 3.30. The maximum absolute atomic E-state index is 13.9. The van der Waals surface area contributed by atoms with Gasteiger partial charge in [-0.2, -0.15) is 0 Å². The van der Waals surface area contributed by atoms with Crippen LogP contribution < -0.4 is 5.32 Å². The lowest BCUT2D eigenvalue weighted by molar-refractivity contribution is 0.495. The second-order valence-corrected chi connectivity index (χ2v) is 4.76. The van der Waals surface area contributed by atoms with E-state index in [1.807, 2.05) is 13.8 Å². The molecule has 1 nitrogen and oxygen atoms in total. The highest BCUT2D eigenvalue weighted by molar-refractivity contribution is 5.66. The Morgan fingerprint density at radius 1 is 0.857 bits per heavy atom. The summed E-state index contributed by atoms with van der Waals surface area (Å²) < 4.78 is 53.9. The van der Waals surface area contributed by atoms with E-state index in [0.29, 0.717) is 18.7 Å². The Kier molecular flexibility index (Phi) is 4.63. The Balaban J connectivity index is 2.53. The molecular weight excluding hydrogens is 282 g/mol. The first-order chi connectivity index (χ1) is 9.93. The number of nitrogens with one attached hydrogen (secondary N) is 1. The van der Waals surface area contributed by atoms with E-state index in [1.54, 1.807) is 6.07 Å². The van der Waals surface area contributed by atoms with Crippen LogP contribution in [0.15, 0.2) is 30.3 Å². The van der Waals surface area contributed by atoms with E-state index in [9.17, 15) is 17.6 Å². The summed E-state index contributed by atoms with van der Waals surface area (Å²) in [5.41, 5.74) is 0.350. The molecule has 0 aliphatic heterocycles. The monoisotopic (exact) mass is 297 g/mol. The van der Waals surface area contributed by atoms with Crippen molar-refractivity contribution in [2.75, 3.05) is 6.54 Å². The first kappa shape index (κ1) is 15.5. The van der Waals surface area contributed by atoms with Crippen LogP contribution in [0.3, 0.4) is 0 Å². The largest absolute Gasteiger partial charge is 0.310 e. The van der Waals surface area contributed by atoms with Gasteiger partial charge >= 0.3 is 0 Å². The Morgan fingerprint density at radius 2 is 1.48 bits per heavy atom. The van der Waals surface area contributed by atoms with E-state index in [2.05, 4.69) is 5.32 Å². The molecule has 0 fully saturated rings. The molecule has 2 rings (SSSR count). The van der Waals surface area contributed by atoms with Crippen LogP contribution in [-0.4, -0.2) is 6.54 Å². The topological polar surface area (TPSA) is 12.0 Å². The maximum atomic E-state index is 13.9. The van der Waals surface area contributed by atoms with Gasteiger partial charge in [0.15, 0.2) is 11.6 Å². The molecule has 112 valence electrons. The summed E-state index contributed by atoms with van der Waals surface area (Å²) in [5.74, 6) is -4.20. The molecule has 0 amide bonds. The van der Waals surface area contributed by atoms with E-state index in [0.717, 1.165) is 5.56 Å². The normalized spacial score (nSPS) is 12.5. The fourth-order valence-corrected chi connectivity index (χ4v) is 2.17. The summed E-state index contributed by atoms with van der Waals surface area (Å²) in [5, 5.41) is 3.14. The molecule has 2 aromatic rings. The summed E-state index contributed by atoms with van der Waals surface area (Å²) in [4.78, 5) is 0. The Labute approximate surface area is 120 Å². The van der Waals surface area contributed by atoms with Gasteiger partial charge in [-0.3, -0.25) is 0 Å². The molecule has 0 spiro atoms. The molecule has 0 aromatic heterocycles. The van der Waals surface area contributed by atoms with Gasteiger partial charge in [-0.15, -0.1) is 0 Å². The molecule has 0 aliphatic carbocycles. The third-order valence-electron chi connectivity index (χ3n) is 3.30. The SMILES string of the molecule is CCNC(C)c1ccc(F)c(-c2cc(F)c(F)cc2F)c1. The molecule has 0 saturated carbocycles. The van der Waals surface area contributed by atoms with Gasteiger partial charge in [0.1, 0.15) is 11.6 Å². The zero-order chi connectivity index (χ0) is 15.6. The first-order valence-electron chi connectivity index (χ1n) is 6.61. The smallest absolute Gasteiger partial charge is 0.161 e. The second-order valence-electron chi connectivity index (χ2n) is 4.76. The second kappa shape index (κ2) is 6.26. The molecule has 0 radical (unpaired) electrons. The van der Waals surface area contributed by atoms with Crippen molar-refractivity contribution >= 4 is 0 Å². The van der Waals surface area contributed by atoms with Crippen molar-refractivity contribution in [2.45, 2.75) is 19.9 Å². The molecule has 5 heteroatoms. The highest BCUT2D eigenvalue weighted by Crippen LogP contribution is 2.30. The van der Waals surface area contributed by atoms with Crippen LogP contribution in [0.5, 0.6) is 0 Å². The molecule has 0 aliphatic rings. The molecule has 0 saturated heterocycles. The molecule has 0 bridgehead atoms. The molecule has 1 N–H and O–H groups in total.